The van der Waals surface area contributed by atoms with E-state index in [1.165, 1.54) is 76.7 Å². The zero-order valence-corrected chi connectivity index (χ0v) is 28.0. The van der Waals surface area contributed by atoms with Gasteiger partial charge in [-0.2, -0.15) is 8.42 Å². The van der Waals surface area contributed by atoms with E-state index in [-0.39, 0.29) is 6.42 Å². The number of carbonyl (C=O) groups excluding carboxylic acids is 1. The van der Waals surface area contributed by atoms with Gasteiger partial charge < -0.3 is 15.5 Å². The molecule has 0 bridgehead atoms. The average molecular weight is 626 g/mol. The number of nitrogens with one attached hydrogen (secondary N) is 1. The third-order valence-electron chi connectivity index (χ3n) is 7.32. The Labute approximate surface area is 263 Å². The Morgan fingerprint density at radius 3 is 1.56 bits per heavy atom. The molecule has 3 atom stereocenters. The third-order valence-corrected chi connectivity index (χ3v) is 8.10. The Kier molecular flexibility index (Phi) is 27.8. The molecule has 0 fully saturated rings. The highest BCUT2D eigenvalue weighted by atomic mass is 32.2. The standard InChI is InChI=1S/C35H63NO6S/c1-3-5-7-9-11-13-14-15-16-17-18-19-20-21-22-24-25-27-29-33(37)32(31-43(40,41)42)36-35(39)34(38)30-28-26-23-12-10-8-6-4-2/h17-18,21-23,26-27,29,32-34,37-38H,3-16,19-20,24-25,28,30-31H2,1-2H3,(H,36,39)(H,40,41,42)/b18-17+,22-21+,26-23-,29-27+. The van der Waals surface area contributed by atoms with Crippen LogP contribution in [-0.2, 0) is 14.9 Å². The minimum atomic E-state index is -4.45. The molecule has 3 unspecified atom stereocenters. The van der Waals surface area contributed by atoms with Gasteiger partial charge in [-0.25, -0.2) is 0 Å². The van der Waals surface area contributed by atoms with Crippen LogP contribution in [-0.4, -0.2) is 53.1 Å². The molecule has 43 heavy (non-hydrogen) atoms. The summed E-state index contributed by atoms with van der Waals surface area (Å²) in [5, 5.41) is 23.0. The molecule has 4 N–H and O–H groups in total. The number of rotatable bonds is 29. The summed E-state index contributed by atoms with van der Waals surface area (Å²) in [5.74, 6) is -1.62. The zero-order chi connectivity index (χ0) is 32.0. The van der Waals surface area contributed by atoms with Gasteiger partial charge >= 0.3 is 0 Å². The lowest BCUT2D eigenvalue weighted by molar-refractivity contribution is -0.130. The van der Waals surface area contributed by atoms with Gasteiger partial charge in [0.05, 0.1) is 17.9 Å². The molecule has 0 aliphatic rings. The lowest BCUT2D eigenvalue weighted by atomic mass is 10.1. The molecule has 0 saturated carbocycles. The molecular formula is C35H63NO6S. The van der Waals surface area contributed by atoms with Gasteiger partial charge in [-0.15, -0.1) is 0 Å². The molecule has 0 saturated heterocycles. The molecule has 0 spiro atoms. The quantitative estimate of drug-likeness (QED) is 0.0378. The molecule has 7 nitrogen and oxygen atoms in total. The minimum absolute atomic E-state index is 0.184. The van der Waals surface area contributed by atoms with Crippen LogP contribution in [0.25, 0.3) is 0 Å². The van der Waals surface area contributed by atoms with E-state index in [9.17, 15) is 28.0 Å². The minimum Gasteiger partial charge on any atom is -0.387 e. The lowest BCUT2D eigenvalue weighted by Gasteiger charge is -2.22. The molecule has 250 valence electrons. The summed E-state index contributed by atoms with van der Waals surface area (Å²) in [4.78, 5) is 12.4. The molecular weight excluding hydrogens is 562 g/mol. The fourth-order valence-corrected chi connectivity index (χ4v) is 5.40. The maximum Gasteiger partial charge on any atom is 0.267 e. The number of allylic oxidation sites excluding steroid dienone is 7. The van der Waals surface area contributed by atoms with Crippen LogP contribution >= 0.6 is 0 Å². The molecule has 0 heterocycles. The van der Waals surface area contributed by atoms with Crippen molar-refractivity contribution in [2.45, 2.75) is 161 Å². The Hall–Kier alpha value is -1.74. The Morgan fingerprint density at radius 2 is 1.05 bits per heavy atom. The van der Waals surface area contributed by atoms with Crippen molar-refractivity contribution in [1.82, 2.24) is 5.32 Å². The van der Waals surface area contributed by atoms with Crippen LogP contribution in [0.1, 0.15) is 142 Å². The maximum absolute atomic E-state index is 12.4. The van der Waals surface area contributed by atoms with Crippen molar-refractivity contribution in [1.29, 1.82) is 0 Å². The molecule has 0 aliphatic carbocycles. The number of carbonyl (C=O) groups is 1. The maximum atomic E-state index is 12.4. The third kappa shape index (κ3) is 28.8. The van der Waals surface area contributed by atoms with Gasteiger partial charge in [0.2, 0.25) is 5.91 Å². The fraction of sp³-hybridized carbons (Fsp3) is 0.743. The Morgan fingerprint density at radius 1 is 0.628 bits per heavy atom. The lowest BCUT2D eigenvalue weighted by Crippen LogP contribution is -2.50. The Bertz CT molecular complexity index is 881. The second kappa shape index (κ2) is 29.0. The summed E-state index contributed by atoms with van der Waals surface area (Å²) < 4.78 is 32.2. The first-order valence-electron chi connectivity index (χ1n) is 16.9. The average Bonchev–Trinajstić information content (AvgIpc) is 2.96. The predicted molar refractivity (Wildman–Crippen MR) is 181 cm³/mol. The smallest absolute Gasteiger partial charge is 0.267 e. The summed E-state index contributed by atoms with van der Waals surface area (Å²) in [5.41, 5.74) is 0. The molecule has 0 aromatic carbocycles. The normalized spacial score (nSPS) is 14.8. The number of amides is 1. The summed E-state index contributed by atoms with van der Waals surface area (Å²) >= 11 is 0. The van der Waals surface area contributed by atoms with Crippen molar-refractivity contribution in [3.63, 3.8) is 0 Å². The second-order valence-electron chi connectivity index (χ2n) is 11.6. The van der Waals surface area contributed by atoms with Crippen LogP contribution < -0.4 is 5.32 Å². The van der Waals surface area contributed by atoms with E-state index in [1.54, 1.807) is 6.08 Å². The number of unbranched alkanes of at least 4 members (excludes halogenated alkanes) is 14. The van der Waals surface area contributed by atoms with E-state index in [0.717, 1.165) is 38.5 Å². The summed E-state index contributed by atoms with van der Waals surface area (Å²) in [6, 6.07) is -1.27. The SMILES string of the molecule is CCCCCC/C=C\CCC(O)C(=O)NC(CS(=O)(=O)O)C(O)/C=C/CC/C=C/CC/C=C/CCCCCCCCCC. The van der Waals surface area contributed by atoms with Crippen molar-refractivity contribution in [3.8, 4) is 0 Å². The zero-order valence-electron chi connectivity index (χ0n) is 27.2. The summed E-state index contributed by atoms with van der Waals surface area (Å²) in [6.07, 6.45) is 34.8. The van der Waals surface area contributed by atoms with Crippen LogP contribution in [0.15, 0.2) is 48.6 Å². The van der Waals surface area contributed by atoms with Gasteiger partial charge in [0.15, 0.2) is 0 Å². The molecule has 8 heteroatoms. The van der Waals surface area contributed by atoms with Crippen molar-refractivity contribution in [3.05, 3.63) is 48.6 Å². The molecule has 0 radical (unpaired) electrons. The molecule has 0 aromatic rings. The van der Waals surface area contributed by atoms with E-state index < -0.39 is 40.0 Å². The monoisotopic (exact) mass is 625 g/mol. The van der Waals surface area contributed by atoms with Crippen LogP contribution in [0.5, 0.6) is 0 Å². The number of aliphatic hydroxyl groups is 2. The van der Waals surface area contributed by atoms with Gasteiger partial charge in [-0.1, -0.05) is 127 Å². The van der Waals surface area contributed by atoms with Crippen molar-refractivity contribution in [2.24, 2.45) is 0 Å². The van der Waals surface area contributed by atoms with Crippen LogP contribution in [0.2, 0.25) is 0 Å². The largest absolute Gasteiger partial charge is 0.387 e. The number of hydrogen-bond acceptors (Lipinski definition) is 5. The first-order chi connectivity index (χ1) is 20.7. The highest BCUT2D eigenvalue weighted by molar-refractivity contribution is 7.85. The molecule has 0 aromatic heterocycles. The molecule has 0 rings (SSSR count). The summed E-state index contributed by atoms with van der Waals surface area (Å²) in [7, 11) is -4.45. The van der Waals surface area contributed by atoms with E-state index in [2.05, 4.69) is 43.5 Å². The van der Waals surface area contributed by atoms with Gasteiger partial charge in [-0.3, -0.25) is 9.35 Å². The van der Waals surface area contributed by atoms with E-state index in [4.69, 9.17) is 0 Å². The topological polar surface area (TPSA) is 124 Å². The van der Waals surface area contributed by atoms with Crippen LogP contribution in [0.3, 0.4) is 0 Å². The van der Waals surface area contributed by atoms with Gasteiger partial charge in [0.25, 0.3) is 10.1 Å². The number of aliphatic hydroxyl groups excluding tert-OH is 2. The van der Waals surface area contributed by atoms with E-state index >= 15 is 0 Å². The number of hydrogen-bond donors (Lipinski definition) is 4. The predicted octanol–water partition coefficient (Wildman–Crippen LogP) is 8.15. The van der Waals surface area contributed by atoms with Crippen molar-refractivity contribution >= 4 is 16.0 Å². The van der Waals surface area contributed by atoms with Gasteiger partial charge in [-0.05, 0) is 64.2 Å². The van der Waals surface area contributed by atoms with Crippen LogP contribution in [0, 0.1) is 0 Å². The van der Waals surface area contributed by atoms with E-state index in [1.807, 2.05) is 12.2 Å². The Balaban J connectivity index is 4.27. The second-order valence-corrected chi connectivity index (χ2v) is 13.1. The summed E-state index contributed by atoms with van der Waals surface area (Å²) in [6.45, 7) is 4.41. The van der Waals surface area contributed by atoms with Crippen molar-refractivity contribution in [2.75, 3.05) is 5.75 Å². The first kappa shape index (κ1) is 41.3. The first-order valence-corrected chi connectivity index (χ1v) is 18.6. The molecule has 0 aliphatic heterocycles. The highest BCUT2D eigenvalue weighted by Crippen LogP contribution is 2.11. The van der Waals surface area contributed by atoms with Gasteiger partial charge in [0.1, 0.15) is 6.10 Å². The van der Waals surface area contributed by atoms with Crippen molar-refractivity contribution < 1.29 is 28.0 Å². The van der Waals surface area contributed by atoms with Crippen LogP contribution in [0.4, 0.5) is 0 Å². The highest BCUT2D eigenvalue weighted by Gasteiger charge is 2.27. The fourth-order valence-electron chi connectivity index (χ4n) is 4.66. The van der Waals surface area contributed by atoms with Gasteiger partial charge in [0, 0.05) is 0 Å². The molecule has 1 amide bonds. The van der Waals surface area contributed by atoms with E-state index in [0.29, 0.717) is 12.8 Å².